The lowest BCUT2D eigenvalue weighted by Crippen LogP contribution is -2.40. The zero-order valence-corrected chi connectivity index (χ0v) is 18.2. The molecule has 1 fully saturated rings. The van der Waals surface area contributed by atoms with E-state index in [1.165, 1.54) is 0 Å². The van der Waals surface area contributed by atoms with Gasteiger partial charge in [-0.25, -0.2) is 13.4 Å². The molecule has 0 N–H and O–H groups in total. The third kappa shape index (κ3) is 4.07. The predicted molar refractivity (Wildman–Crippen MR) is 111 cm³/mol. The molecule has 156 valence electrons. The molecule has 29 heavy (non-hydrogen) atoms. The van der Waals surface area contributed by atoms with E-state index in [0.717, 1.165) is 49.1 Å². The molecule has 0 saturated carbocycles. The number of hydrogen-bond donors (Lipinski definition) is 0. The fourth-order valence-electron chi connectivity index (χ4n) is 3.96. The quantitative estimate of drug-likeness (QED) is 0.566. The summed E-state index contributed by atoms with van der Waals surface area (Å²) in [5.74, 6) is 1.23. The predicted octanol–water partition coefficient (Wildman–Crippen LogP) is 2.49. The van der Waals surface area contributed by atoms with Crippen molar-refractivity contribution in [2.24, 2.45) is 5.92 Å². The summed E-state index contributed by atoms with van der Waals surface area (Å²) in [5.41, 5.74) is 2.19. The molecule has 0 spiro atoms. The number of rotatable bonds is 7. The molecule has 1 aliphatic heterocycles. The fraction of sp³-hybridized carbons (Fsp3) is 0.526. The van der Waals surface area contributed by atoms with Crippen molar-refractivity contribution in [1.82, 2.24) is 22.6 Å². The minimum atomic E-state index is -3.61. The average molecular weight is 436 g/mol. The van der Waals surface area contributed by atoms with Crippen molar-refractivity contribution < 1.29 is 13.2 Å². The smallest absolute Gasteiger partial charge is 0.245 e. The lowest BCUT2D eigenvalue weighted by Gasteiger charge is -2.32. The molecular formula is C19H25N5O3S2. The standard InChI is InChI=1S/C19H25N5O3S2/c1-14-12-20-18(24(14)9-10-27-2)11-15-5-4-8-23(13-15)29(25,26)17-7-3-6-16-19(17)22-28-21-16/h3,6-7,12,15H,4-5,8-11,13H2,1-2H3. The van der Waals surface area contributed by atoms with E-state index >= 15 is 0 Å². The number of imidazole rings is 1. The number of benzene rings is 1. The summed E-state index contributed by atoms with van der Waals surface area (Å²) in [6.07, 6.45) is 4.46. The van der Waals surface area contributed by atoms with Crippen molar-refractivity contribution >= 4 is 32.8 Å². The molecule has 1 unspecified atom stereocenters. The maximum absolute atomic E-state index is 13.3. The zero-order chi connectivity index (χ0) is 20.4. The number of ether oxygens (including phenoxy) is 1. The van der Waals surface area contributed by atoms with E-state index in [4.69, 9.17) is 4.74 Å². The van der Waals surface area contributed by atoms with Crippen LogP contribution in [0.4, 0.5) is 0 Å². The van der Waals surface area contributed by atoms with Gasteiger partial charge in [0.15, 0.2) is 0 Å². The number of fused-ring (bicyclic) bond motifs is 1. The molecule has 3 heterocycles. The van der Waals surface area contributed by atoms with Crippen molar-refractivity contribution in [1.29, 1.82) is 0 Å². The van der Waals surface area contributed by atoms with E-state index in [0.29, 0.717) is 30.7 Å². The Hall–Kier alpha value is -1.88. The van der Waals surface area contributed by atoms with Crippen LogP contribution < -0.4 is 0 Å². The monoisotopic (exact) mass is 435 g/mol. The fourth-order valence-corrected chi connectivity index (χ4v) is 6.27. The van der Waals surface area contributed by atoms with Crippen LogP contribution in [0.25, 0.3) is 11.0 Å². The second-order valence-corrected chi connectivity index (χ2v) is 9.86. The summed E-state index contributed by atoms with van der Waals surface area (Å²) >= 11 is 1.04. The number of aryl methyl sites for hydroxylation is 1. The van der Waals surface area contributed by atoms with E-state index in [1.807, 2.05) is 13.1 Å². The van der Waals surface area contributed by atoms with Gasteiger partial charge in [0.1, 0.15) is 21.8 Å². The average Bonchev–Trinajstić information content (AvgIpc) is 3.33. The Bertz CT molecular complexity index is 1090. The summed E-state index contributed by atoms with van der Waals surface area (Å²) in [7, 11) is -1.92. The van der Waals surface area contributed by atoms with Crippen LogP contribution in [0.1, 0.15) is 24.4 Å². The highest BCUT2D eigenvalue weighted by molar-refractivity contribution is 7.89. The number of hydrogen-bond acceptors (Lipinski definition) is 7. The molecule has 1 saturated heterocycles. The van der Waals surface area contributed by atoms with Crippen molar-refractivity contribution in [2.45, 2.75) is 37.6 Å². The first-order valence-electron chi connectivity index (χ1n) is 9.72. The van der Waals surface area contributed by atoms with Crippen molar-refractivity contribution in [3.05, 3.63) is 35.9 Å². The van der Waals surface area contributed by atoms with E-state index in [1.54, 1.807) is 29.6 Å². The first-order valence-corrected chi connectivity index (χ1v) is 11.9. The number of nitrogens with zero attached hydrogens (tertiary/aromatic N) is 5. The molecule has 3 aromatic rings. The third-order valence-corrected chi connectivity index (χ3v) is 7.92. The first kappa shape index (κ1) is 20.4. The number of methoxy groups -OCH3 is 1. The highest BCUT2D eigenvalue weighted by Crippen LogP contribution is 2.29. The molecular weight excluding hydrogens is 410 g/mol. The Kier molecular flexibility index (Phi) is 5.95. The van der Waals surface area contributed by atoms with Gasteiger partial charge in [-0.2, -0.15) is 13.1 Å². The Morgan fingerprint density at radius 1 is 1.31 bits per heavy atom. The Morgan fingerprint density at radius 2 is 2.17 bits per heavy atom. The van der Waals surface area contributed by atoms with Gasteiger partial charge in [-0.1, -0.05) is 6.07 Å². The molecule has 1 atom stereocenters. The molecule has 10 heteroatoms. The topological polar surface area (TPSA) is 90.2 Å². The van der Waals surface area contributed by atoms with E-state index in [2.05, 4.69) is 18.3 Å². The number of piperidine rings is 1. The minimum Gasteiger partial charge on any atom is -0.383 e. The molecule has 2 aromatic heterocycles. The summed E-state index contributed by atoms with van der Waals surface area (Å²) < 4.78 is 44.0. The Morgan fingerprint density at radius 3 is 3.00 bits per heavy atom. The van der Waals surface area contributed by atoms with Gasteiger partial charge < -0.3 is 9.30 Å². The van der Waals surface area contributed by atoms with Crippen LogP contribution in [0, 0.1) is 12.8 Å². The maximum atomic E-state index is 13.3. The van der Waals surface area contributed by atoms with Crippen LogP contribution in [0.5, 0.6) is 0 Å². The highest BCUT2D eigenvalue weighted by atomic mass is 32.2. The lowest BCUT2D eigenvalue weighted by atomic mass is 9.96. The summed E-state index contributed by atoms with van der Waals surface area (Å²) in [4.78, 5) is 4.82. The van der Waals surface area contributed by atoms with Gasteiger partial charge in [0.25, 0.3) is 0 Å². The Balaban J connectivity index is 1.54. The van der Waals surface area contributed by atoms with Crippen molar-refractivity contribution in [3.8, 4) is 0 Å². The molecule has 0 bridgehead atoms. The van der Waals surface area contributed by atoms with Gasteiger partial charge in [-0.05, 0) is 37.8 Å². The summed E-state index contributed by atoms with van der Waals surface area (Å²) in [6.45, 7) is 4.44. The molecule has 0 aliphatic carbocycles. The van der Waals surface area contributed by atoms with Gasteiger partial charge in [-0.3, -0.25) is 0 Å². The highest BCUT2D eigenvalue weighted by Gasteiger charge is 2.32. The van der Waals surface area contributed by atoms with Gasteiger partial charge in [0.2, 0.25) is 10.0 Å². The SMILES string of the molecule is COCCn1c(C)cnc1CC1CCCN(S(=O)(=O)c2cccc3nsnc23)C1. The van der Waals surface area contributed by atoms with Gasteiger partial charge >= 0.3 is 0 Å². The van der Waals surface area contributed by atoms with Crippen molar-refractivity contribution in [2.75, 3.05) is 26.8 Å². The van der Waals surface area contributed by atoms with E-state index in [-0.39, 0.29) is 10.8 Å². The summed E-state index contributed by atoms with van der Waals surface area (Å²) in [6, 6.07) is 5.15. The zero-order valence-electron chi connectivity index (χ0n) is 16.6. The Labute approximate surface area is 174 Å². The van der Waals surface area contributed by atoms with E-state index in [9.17, 15) is 8.42 Å². The molecule has 0 amide bonds. The lowest BCUT2D eigenvalue weighted by molar-refractivity contribution is 0.184. The van der Waals surface area contributed by atoms with Crippen LogP contribution in [0.2, 0.25) is 0 Å². The molecule has 0 radical (unpaired) electrons. The van der Waals surface area contributed by atoms with E-state index < -0.39 is 10.0 Å². The van der Waals surface area contributed by atoms with Gasteiger partial charge in [0, 0.05) is 45.1 Å². The van der Waals surface area contributed by atoms with Crippen LogP contribution in [-0.4, -0.2) is 57.8 Å². The first-order chi connectivity index (χ1) is 14.0. The largest absolute Gasteiger partial charge is 0.383 e. The van der Waals surface area contributed by atoms with Crippen LogP contribution in [0.3, 0.4) is 0 Å². The molecule has 4 rings (SSSR count). The summed E-state index contributed by atoms with van der Waals surface area (Å²) in [5, 5.41) is 0. The number of aromatic nitrogens is 4. The van der Waals surface area contributed by atoms with Crippen LogP contribution in [-0.2, 0) is 27.7 Å². The normalized spacial score (nSPS) is 18.5. The third-order valence-electron chi connectivity index (χ3n) is 5.48. The van der Waals surface area contributed by atoms with Crippen LogP contribution >= 0.6 is 11.7 Å². The van der Waals surface area contributed by atoms with Crippen LogP contribution in [0.15, 0.2) is 29.3 Å². The second-order valence-electron chi connectivity index (χ2n) is 7.42. The molecule has 1 aliphatic rings. The molecule has 8 nitrogen and oxygen atoms in total. The second kappa shape index (κ2) is 8.47. The van der Waals surface area contributed by atoms with Gasteiger partial charge in [0.05, 0.1) is 18.3 Å². The molecule has 1 aromatic carbocycles. The van der Waals surface area contributed by atoms with Crippen molar-refractivity contribution in [3.63, 3.8) is 0 Å². The minimum absolute atomic E-state index is 0.231. The number of sulfonamides is 1. The maximum Gasteiger partial charge on any atom is 0.245 e. The van der Waals surface area contributed by atoms with Gasteiger partial charge in [-0.15, -0.1) is 0 Å².